The highest BCUT2D eigenvalue weighted by molar-refractivity contribution is 5.98. The number of benzene rings is 2. The SMILES string of the molecule is CC(C)c1nc(C(CO)CO)nc(-c2ccc(F)c3ccccc23)c1N.O=C(O)C=CC(=O)O. The molecule has 0 aliphatic rings. The first-order valence-corrected chi connectivity index (χ1v) is 10.3. The molecule has 2 aromatic carbocycles. The molecule has 0 aliphatic carbocycles. The zero-order valence-electron chi connectivity index (χ0n) is 18.6. The van der Waals surface area contributed by atoms with Crippen molar-refractivity contribution in [2.24, 2.45) is 0 Å². The average molecular weight is 471 g/mol. The van der Waals surface area contributed by atoms with Crippen molar-refractivity contribution in [3.8, 4) is 11.3 Å². The monoisotopic (exact) mass is 471 g/mol. The predicted octanol–water partition coefficient (Wildman–Crippen LogP) is 2.92. The Kier molecular flexibility index (Phi) is 9.17. The van der Waals surface area contributed by atoms with E-state index in [1.807, 2.05) is 26.0 Å². The van der Waals surface area contributed by atoms with Crippen molar-refractivity contribution < 1.29 is 34.4 Å². The first-order chi connectivity index (χ1) is 16.1. The molecule has 0 spiro atoms. The zero-order valence-corrected chi connectivity index (χ0v) is 18.6. The number of hydrogen-bond acceptors (Lipinski definition) is 7. The number of carboxylic acids is 2. The third kappa shape index (κ3) is 6.33. The van der Waals surface area contributed by atoms with Gasteiger partial charge in [-0.1, -0.05) is 38.1 Å². The van der Waals surface area contributed by atoms with Gasteiger partial charge in [-0.25, -0.2) is 23.9 Å². The van der Waals surface area contributed by atoms with Crippen molar-refractivity contribution in [2.45, 2.75) is 25.7 Å². The third-order valence-electron chi connectivity index (χ3n) is 4.84. The molecule has 0 saturated heterocycles. The first kappa shape index (κ1) is 26.4. The van der Waals surface area contributed by atoms with Gasteiger partial charge in [0.05, 0.1) is 36.2 Å². The van der Waals surface area contributed by atoms with Gasteiger partial charge >= 0.3 is 11.9 Å². The number of aliphatic carboxylic acids is 2. The maximum atomic E-state index is 14.2. The number of aromatic nitrogens is 2. The van der Waals surface area contributed by atoms with Crippen molar-refractivity contribution in [1.82, 2.24) is 9.97 Å². The molecule has 6 N–H and O–H groups in total. The lowest BCUT2D eigenvalue weighted by molar-refractivity contribution is -0.134. The molecule has 9 nitrogen and oxygen atoms in total. The second-order valence-electron chi connectivity index (χ2n) is 7.60. The van der Waals surface area contributed by atoms with Crippen LogP contribution in [0, 0.1) is 5.82 Å². The summed E-state index contributed by atoms with van der Waals surface area (Å²) in [6.07, 6.45) is 1.12. The van der Waals surface area contributed by atoms with E-state index in [4.69, 9.17) is 15.9 Å². The number of rotatable bonds is 7. The molecule has 0 saturated carbocycles. The molecular weight excluding hydrogens is 445 g/mol. The van der Waals surface area contributed by atoms with Crippen LogP contribution >= 0.6 is 0 Å². The largest absolute Gasteiger partial charge is 0.478 e. The lowest BCUT2D eigenvalue weighted by Gasteiger charge is -2.18. The Balaban J connectivity index is 0.000000440. The van der Waals surface area contributed by atoms with Crippen LogP contribution in [0.4, 0.5) is 10.1 Å². The molecular formula is C24H26FN3O6. The van der Waals surface area contributed by atoms with Crippen LogP contribution in [0.15, 0.2) is 48.6 Å². The van der Waals surface area contributed by atoms with E-state index in [1.54, 1.807) is 18.2 Å². The quantitative estimate of drug-likeness (QED) is 0.325. The van der Waals surface area contributed by atoms with E-state index in [9.17, 15) is 24.2 Å². The molecule has 1 heterocycles. The Labute approximate surface area is 195 Å². The van der Waals surface area contributed by atoms with E-state index in [2.05, 4.69) is 9.97 Å². The molecule has 0 radical (unpaired) electrons. The minimum atomic E-state index is -1.26. The molecule has 3 rings (SSSR count). The molecule has 10 heteroatoms. The number of halogens is 1. The van der Waals surface area contributed by atoms with Crippen LogP contribution in [0.25, 0.3) is 22.0 Å². The maximum absolute atomic E-state index is 14.2. The molecule has 3 aromatic rings. The van der Waals surface area contributed by atoms with E-state index in [0.717, 1.165) is 0 Å². The minimum Gasteiger partial charge on any atom is -0.478 e. The molecule has 0 aliphatic heterocycles. The van der Waals surface area contributed by atoms with Crippen LogP contribution in [0.3, 0.4) is 0 Å². The zero-order chi connectivity index (χ0) is 25.4. The van der Waals surface area contributed by atoms with Crippen molar-refractivity contribution in [3.05, 3.63) is 65.9 Å². The predicted molar refractivity (Wildman–Crippen MR) is 125 cm³/mol. The van der Waals surface area contributed by atoms with E-state index in [0.29, 0.717) is 51.4 Å². The molecule has 0 bridgehead atoms. The minimum absolute atomic E-state index is 0.0280. The van der Waals surface area contributed by atoms with Gasteiger partial charge < -0.3 is 26.2 Å². The van der Waals surface area contributed by atoms with Crippen LogP contribution < -0.4 is 5.73 Å². The standard InChI is InChI=1S/C20H22FN3O2.C4H4O4/c1-11(2)18-17(22)19(24-20(23-18)12(9-25)10-26)15-7-8-16(21)14-6-4-3-5-13(14)15;5-3(6)1-2-4(7)8/h3-8,11-12,25-26H,9-10,22H2,1-2H3;1-2H,(H,5,6)(H,7,8). The fourth-order valence-corrected chi connectivity index (χ4v) is 3.17. The van der Waals surface area contributed by atoms with Crippen LogP contribution in [-0.4, -0.2) is 55.5 Å². The van der Waals surface area contributed by atoms with E-state index in [1.165, 1.54) is 6.07 Å². The summed E-state index contributed by atoms with van der Waals surface area (Å²) in [4.78, 5) is 28.1. The van der Waals surface area contributed by atoms with E-state index >= 15 is 0 Å². The second-order valence-corrected chi connectivity index (χ2v) is 7.60. The summed E-state index contributed by atoms with van der Waals surface area (Å²) in [7, 11) is 0. The Morgan fingerprint density at radius 3 is 2.03 bits per heavy atom. The van der Waals surface area contributed by atoms with Gasteiger partial charge in [0.1, 0.15) is 11.6 Å². The molecule has 34 heavy (non-hydrogen) atoms. The summed E-state index contributed by atoms with van der Waals surface area (Å²) in [5, 5.41) is 35.9. The van der Waals surface area contributed by atoms with Crippen LogP contribution in [0.1, 0.15) is 37.2 Å². The Bertz CT molecular complexity index is 1190. The van der Waals surface area contributed by atoms with E-state index in [-0.39, 0.29) is 24.9 Å². The Morgan fingerprint density at radius 2 is 1.53 bits per heavy atom. The highest BCUT2D eigenvalue weighted by Crippen LogP contribution is 2.36. The van der Waals surface area contributed by atoms with Crippen molar-refractivity contribution in [2.75, 3.05) is 18.9 Å². The van der Waals surface area contributed by atoms with Gasteiger partial charge in [0.25, 0.3) is 0 Å². The smallest absolute Gasteiger partial charge is 0.328 e. The first-order valence-electron chi connectivity index (χ1n) is 10.3. The molecule has 1 aromatic heterocycles. The lowest BCUT2D eigenvalue weighted by atomic mass is 9.97. The summed E-state index contributed by atoms with van der Waals surface area (Å²) in [5.74, 6) is -3.07. The lowest BCUT2D eigenvalue weighted by Crippen LogP contribution is -2.16. The topological polar surface area (TPSA) is 167 Å². The molecule has 0 fully saturated rings. The molecule has 0 atom stereocenters. The van der Waals surface area contributed by atoms with Gasteiger partial charge in [-0.15, -0.1) is 0 Å². The summed E-state index contributed by atoms with van der Waals surface area (Å²) in [6.45, 7) is 3.37. The van der Waals surface area contributed by atoms with Crippen molar-refractivity contribution in [3.63, 3.8) is 0 Å². The Morgan fingerprint density at radius 1 is 0.971 bits per heavy atom. The summed E-state index contributed by atoms with van der Waals surface area (Å²) < 4.78 is 14.2. The number of anilines is 1. The number of carboxylic acid groups (broad SMARTS) is 2. The summed E-state index contributed by atoms with van der Waals surface area (Å²) in [6, 6.07) is 10.2. The Hall–Kier alpha value is -3.89. The molecule has 0 amide bonds. The highest BCUT2D eigenvalue weighted by atomic mass is 19.1. The number of nitrogens with zero attached hydrogens (tertiary/aromatic N) is 2. The highest BCUT2D eigenvalue weighted by Gasteiger charge is 2.22. The van der Waals surface area contributed by atoms with Gasteiger partial charge in [0.2, 0.25) is 0 Å². The summed E-state index contributed by atoms with van der Waals surface area (Å²) >= 11 is 0. The number of nitrogens with two attached hydrogens (primary N) is 1. The third-order valence-corrected chi connectivity index (χ3v) is 4.84. The van der Waals surface area contributed by atoms with Crippen LogP contribution in [0.2, 0.25) is 0 Å². The van der Waals surface area contributed by atoms with E-state index < -0.39 is 17.9 Å². The second kappa shape index (κ2) is 11.8. The van der Waals surface area contributed by atoms with Gasteiger partial charge in [0, 0.05) is 23.1 Å². The molecule has 180 valence electrons. The summed E-state index contributed by atoms with van der Waals surface area (Å²) in [5.41, 5.74) is 8.61. The average Bonchev–Trinajstić information content (AvgIpc) is 2.80. The number of fused-ring (bicyclic) bond motifs is 1. The number of aliphatic hydroxyl groups is 2. The van der Waals surface area contributed by atoms with Gasteiger partial charge in [0.15, 0.2) is 0 Å². The fourth-order valence-electron chi connectivity index (χ4n) is 3.17. The van der Waals surface area contributed by atoms with Crippen LogP contribution in [-0.2, 0) is 9.59 Å². The normalized spacial score (nSPS) is 11.1. The van der Waals surface area contributed by atoms with Crippen molar-refractivity contribution >= 4 is 28.4 Å². The van der Waals surface area contributed by atoms with Gasteiger partial charge in [-0.3, -0.25) is 0 Å². The molecule has 0 unspecified atom stereocenters. The number of nitrogen functional groups attached to an aromatic ring is 1. The fraction of sp³-hybridized carbons (Fsp3) is 0.250. The number of aliphatic hydroxyl groups excluding tert-OH is 2. The maximum Gasteiger partial charge on any atom is 0.328 e. The van der Waals surface area contributed by atoms with Crippen molar-refractivity contribution in [1.29, 1.82) is 0 Å². The number of carbonyl (C=O) groups is 2. The van der Waals surface area contributed by atoms with Gasteiger partial charge in [-0.05, 0) is 23.4 Å². The van der Waals surface area contributed by atoms with Gasteiger partial charge in [-0.2, -0.15) is 0 Å². The number of hydrogen-bond donors (Lipinski definition) is 5. The van der Waals surface area contributed by atoms with Crippen LogP contribution in [0.5, 0.6) is 0 Å².